The van der Waals surface area contributed by atoms with Crippen LogP contribution in [0.15, 0.2) is 36.5 Å². The molecule has 122 valence electrons. The van der Waals surface area contributed by atoms with Gasteiger partial charge in [0, 0.05) is 37.4 Å². The van der Waals surface area contributed by atoms with Crippen molar-refractivity contribution in [2.24, 2.45) is 0 Å². The normalized spacial score (nSPS) is 18.3. The molecule has 0 atom stereocenters. The molecule has 0 spiro atoms. The Bertz CT molecular complexity index is 754. The van der Waals surface area contributed by atoms with Crippen LogP contribution in [0.5, 0.6) is 0 Å². The molecule has 1 aromatic heterocycles. The lowest BCUT2D eigenvalue weighted by Crippen LogP contribution is -2.41. The summed E-state index contributed by atoms with van der Waals surface area (Å²) in [5.41, 5.74) is 6.01. The predicted molar refractivity (Wildman–Crippen MR) is 94.8 cm³/mol. The zero-order chi connectivity index (χ0) is 16.4. The zero-order valence-electron chi connectivity index (χ0n) is 14.0. The van der Waals surface area contributed by atoms with E-state index in [1.54, 1.807) is 6.20 Å². The largest absolute Gasteiger partial charge is 0.300 e. The van der Waals surface area contributed by atoms with E-state index >= 15 is 0 Å². The summed E-state index contributed by atoms with van der Waals surface area (Å²) in [5.74, 6) is 0. The van der Waals surface area contributed by atoms with Crippen molar-refractivity contribution in [2.45, 2.75) is 44.6 Å². The highest BCUT2D eigenvalue weighted by Crippen LogP contribution is 2.27. The maximum atomic E-state index is 8.87. The van der Waals surface area contributed by atoms with Crippen LogP contribution in [-0.2, 0) is 19.3 Å². The average molecular weight is 317 g/mol. The van der Waals surface area contributed by atoms with E-state index in [4.69, 9.17) is 5.26 Å². The van der Waals surface area contributed by atoms with E-state index in [0.717, 1.165) is 18.2 Å². The Morgan fingerprint density at radius 2 is 1.92 bits per heavy atom. The monoisotopic (exact) mass is 317 g/mol. The lowest BCUT2D eigenvalue weighted by Gasteiger charge is -2.36. The first-order valence-electron chi connectivity index (χ1n) is 9.01. The van der Waals surface area contributed by atoms with Gasteiger partial charge in [-0.25, -0.2) is 0 Å². The van der Waals surface area contributed by atoms with Crippen LogP contribution in [0.1, 0.15) is 47.2 Å². The Morgan fingerprint density at radius 1 is 1.08 bits per heavy atom. The average Bonchev–Trinajstić information content (AvgIpc) is 2.77. The SMILES string of the molecule is N#Cc1ccc(Cc2ccc3c(c2)CCN(C2CCC2)CC3)nc1. The van der Waals surface area contributed by atoms with Gasteiger partial charge in [0.05, 0.1) is 5.56 Å². The minimum absolute atomic E-state index is 0.622. The standard InChI is InChI=1S/C21H23N3/c22-14-17-5-7-20(23-15-17)13-16-4-6-18-8-10-24(21-2-1-3-21)11-9-19(18)12-16/h4-7,12,15,21H,1-3,8-11,13H2. The smallest absolute Gasteiger partial charge is 0.101 e. The number of nitrogens with zero attached hydrogens (tertiary/aromatic N) is 3. The Balaban J connectivity index is 1.47. The van der Waals surface area contributed by atoms with Crippen LogP contribution in [0.2, 0.25) is 0 Å². The summed E-state index contributed by atoms with van der Waals surface area (Å²) in [4.78, 5) is 7.10. The molecule has 1 saturated carbocycles. The lowest BCUT2D eigenvalue weighted by molar-refractivity contribution is 0.133. The molecule has 3 heteroatoms. The van der Waals surface area contributed by atoms with Crippen LogP contribution in [0, 0.1) is 11.3 Å². The molecule has 0 bridgehead atoms. The van der Waals surface area contributed by atoms with Crippen molar-refractivity contribution in [3.05, 3.63) is 64.5 Å². The first-order chi connectivity index (χ1) is 11.8. The maximum absolute atomic E-state index is 8.87. The minimum atomic E-state index is 0.622. The van der Waals surface area contributed by atoms with Gasteiger partial charge in [0.1, 0.15) is 6.07 Å². The number of benzene rings is 1. The second-order valence-electron chi connectivity index (χ2n) is 7.05. The molecular formula is C21H23N3. The number of pyridine rings is 1. The Hall–Kier alpha value is -2.18. The van der Waals surface area contributed by atoms with Gasteiger partial charge in [-0.1, -0.05) is 24.6 Å². The van der Waals surface area contributed by atoms with Crippen LogP contribution in [0.3, 0.4) is 0 Å². The van der Waals surface area contributed by atoms with Gasteiger partial charge in [-0.15, -0.1) is 0 Å². The maximum Gasteiger partial charge on any atom is 0.101 e. The number of hydrogen-bond acceptors (Lipinski definition) is 3. The van der Waals surface area contributed by atoms with Gasteiger partial charge in [0.15, 0.2) is 0 Å². The molecule has 4 rings (SSSR count). The van der Waals surface area contributed by atoms with Crippen molar-refractivity contribution in [3.8, 4) is 6.07 Å². The third kappa shape index (κ3) is 3.20. The number of fused-ring (bicyclic) bond motifs is 1. The highest BCUT2D eigenvalue weighted by molar-refractivity contribution is 5.36. The molecular weight excluding hydrogens is 294 g/mol. The van der Waals surface area contributed by atoms with E-state index in [1.807, 2.05) is 12.1 Å². The van der Waals surface area contributed by atoms with Crippen molar-refractivity contribution in [1.82, 2.24) is 9.88 Å². The van der Waals surface area contributed by atoms with Gasteiger partial charge in [-0.2, -0.15) is 5.26 Å². The van der Waals surface area contributed by atoms with E-state index in [9.17, 15) is 0 Å². The van der Waals surface area contributed by atoms with Gasteiger partial charge in [-0.3, -0.25) is 9.88 Å². The third-order valence-corrected chi connectivity index (χ3v) is 5.54. The van der Waals surface area contributed by atoms with Gasteiger partial charge in [-0.05, 0) is 54.5 Å². The minimum Gasteiger partial charge on any atom is -0.300 e. The molecule has 0 radical (unpaired) electrons. The second kappa shape index (κ2) is 6.75. The molecule has 3 nitrogen and oxygen atoms in total. The Morgan fingerprint density at radius 3 is 2.58 bits per heavy atom. The first kappa shape index (κ1) is 15.4. The quantitative estimate of drug-likeness (QED) is 0.870. The molecule has 2 aromatic rings. The first-order valence-corrected chi connectivity index (χ1v) is 9.01. The summed E-state index contributed by atoms with van der Waals surface area (Å²) >= 11 is 0. The fourth-order valence-electron chi connectivity index (χ4n) is 3.83. The van der Waals surface area contributed by atoms with Crippen LogP contribution in [0.25, 0.3) is 0 Å². The summed E-state index contributed by atoms with van der Waals surface area (Å²) in [5, 5.41) is 8.87. The van der Waals surface area contributed by atoms with Crippen molar-refractivity contribution < 1.29 is 0 Å². The highest BCUT2D eigenvalue weighted by atomic mass is 15.2. The number of nitriles is 1. The van der Waals surface area contributed by atoms with Gasteiger partial charge < -0.3 is 0 Å². The third-order valence-electron chi connectivity index (χ3n) is 5.54. The predicted octanol–water partition coefficient (Wildman–Crippen LogP) is 3.50. The fourth-order valence-corrected chi connectivity index (χ4v) is 3.83. The van der Waals surface area contributed by atoms with Gasteiger partial charge in [0.2, 0.25) is 0 Å². The molecule has 1 aliphatic carbocycles. The fraction of sp³-hybridized carbons (Fsp3) is 0.429. The van der Waals surface area contributed by atoms with E-state index in [1.165, 1.54) is 61.9 Å². The molecule has 0 saturated heterocycles. The highest BCUT2D eigenvalue weighted by Gasteiger charge is 2.26. The van der Waals surface area contributed by atoms with Crippen LogP contribution in [0.4, 0.5) is 0 Å². The zero-order valence-corrected chi connectivity index (χ0v) is 14.0. The number of hydrogen-bond donors (Lipinski definition) is 0. The van der Waals surface area contributed by atoms with Crippen molar-refractivity contribution >= 4 is 0 Å². The molecule has 1 aliphatic heterocycles. The van der Waals surface area contributed by atoms with Crippen molar-refractivity contribution in [3.63, 3.8) is 0 Å². The Kier molecular flexibility index (Phi) is 4.32. The van der Waals surface area contributed by atoms with Crippen LogP contribution in [-0.4, -0.2) is 29.0 Å². The van der Waals surface area contributed by atoms with Crippen LogP contribution < -0.4 is 0 Å². The van der Waals surface area contributed by atoms with E-state index in [0.29, 0.717) is 5.56 Å². The summed E-state index contributed by atoms with van der Waals surface area (Å²) in [7, 11) is 0. The summed E-state index contributed by atoms with van der Waals surface area (Å²) in [6, 6.07) is 13.7. The molecule has 2 heterocycles. The molecule has 24 heavy (non-hydrogen) atoms. The summed E-state index contributed by atoms with van der Waals surface area (Å²) in [6.07, 6.45) is 9.05. The molecule has 0 N–H and O–H groups in total. The molecule has 1 aromatic carbocycles. The van der Waals surface area contributed by atoms with E-state index in [-0.39, 0.29) is 0 Å². The van der Waals surface area contributed by atoms with Gasteiger partial charge in [0.25, 0.3) is 0 Å². The molecule has 2 aliphatic rings. The molecule has 0 amide bonds. The Labute approximate surface area is 143 Å². The van der Waals surface area contributed by atoms with E-state index in [2.05, 4.69) is 34.2 Å². The second-order valence-corrected chi connectivity index (χ2v) is 7.05. The molecule has 1 fully saturated rings. The molecule has 0 unspecified atom stereocenters. The van der Waals surface area contributed by atoms with Gasteiger partial charge >= 0.3 is 0 Å². The van der Waals surface area contributed by atoms with E-state index < -0.39 is 0 Å². The summed E-state index contributed by atoms with van der Waals surface area (Å²) < 4.78 is 0. The van der Waals surface area contributed by atoms with Crippen LogP contribution >= 0.6 is 0 Å². The topological polar surface area (TPSA) is 39.9 Å². The van der Waals surface area contributed by atoms with Crippen molar-refractivity contribution in [1.29, 1.82) is 5.26 Å². The van der Waals surface area contributed by atoms with Crippen molar-refractivity contribution in [2.75, 3.05) is 13.1 Å². The lowest BCUT2D eigenvalue weighted by atomic mass is 9.91. The number of rotatable bonds is 3. The summed E-state index contributed by atoms with van der Waals surface area (Å²) in [6.45, 7) is 2.42. The number of aromatic nitrogens is 1.